The van der Waals surface area contributed by atoms with Crippen LogP contribution >= 0.6 is 0 Å². The summed E-state index contributed by atoms with van der Waals surface area (Å²) in [7, 11) is 0. The van der Waals surface area contributed by atoms with Gasteiger partial charge in [0.05, 0.1) is 6.04 Å². The van der Waals surface area contributed by atoms with Crippen LogP contribution in [-0.2, 0) is 11.3 Å². The number of likely N-dealkylation sites (tertiary alicyclic amines) is 1. The summed E-state index contributed by atoms with van der Waals surface area (Å²) in [5.41, 5.74) is 4.66. The van der Waals surface area contributed by atoms with E-state index in [4.69, 9.17) is 4.74 Å². The monoisotopic (exact) mass is 406 g/mol. The van der Waals surface area contributed by atoms with Gasteiger partial charge in [0, 0.05) is 24.4 Å². The molecule has 4 heteroatoms. The van der Waals surface area contributed by atoms with E-state index in [0.29, 0.717) is 0 Å². The highest BCUT2D eigenvalue weighted by Gasteiger charge is 2.36. The van der Waals surface area contributed by atoms with Crippen molar-refractivity contribution in [3.63, 3.8) is 0 Å². The minimum absolute atomic E-state index is 0.0159. The zero-order valence-electron chi connectivity index (χ0n) is 18.7. The second kappa shape index (κ2) is 8.43. The average Bonchev–Trinajstić information content (AvgIpc) is 2.67. The third-order valence-corrected chi connectivity index (χ3v) is 6.39. The van der Waals surface area contributed by atoms with Crippen molar-refractivity contribution in [1.29, 1.82) is 0 Å². The quantitative estimate of drug-likeness (QED) is 0.782. The molecular formula is C26H34N2O2. The maximum Gasteiger partial charge on any atom is 0.223 e. The number of hydrogen-bond acceptors (Lipinski definition) is 3. The van der Waals surface area contributed by atoms with Gasteiger partial charge >= 0.3 is 0 Å². The molecule has 2 aliphatic rings. The lowest BCUT2D eigenvalue weighted by Gasteiger charge is -2.39. The largest absolute Gasteiger partial charge is 0.487 e. The van der Waals surface area contributed by atoms with Gasteiger partial charge in [0.15, 0.2) is 0 Å². The fourth-order valence-electron chi connectivity index (χ4n) is 4.80. The van der Waals surface area contributed by atoms with Crippen LogP contribution in [0.1, 0.15) is 61.4 Å². The van der Waals surface area contributed by atoms with E-state index in [0.717, 1.165) is 50.2 Å². The molecule has 0 aromatic heterocycles. The number of carbonyl (C=O) groups excluding carboxylic acids is 1. The number of benzene rings is 2. The Morgan fingerprint density at radius 1 is 1.10 bits per heavy atom. The third-order valence-electron chi connectivity index (χ3n) is 6.39. The Kier molecular flexibility index (Phi) is 5.88. The van der Waals surface area contributed by atoms with Crippen LogP contribution in [-0.4, -0.2) is 29.5 Å². The van der Waals surface area contributed by atoms with E-state index in [9.17, 15) is 4.79 Å². The highest BCUT2D eigenvalue weighted by Crippen LogP contribution is 2.40. The molecule has 0 saturated carbocycles. The van der Waals surface area contributed by atoms with Crippen molar-refractivity contribution < 1.29 is 9.53 Å². The van der Waals surface area contributed by atoms with Crippen LogP contribution in [0.4, 0.5) is 0 Å². The molecule has 0 bridgehead atoms. The molecule has 4 nitrogen and oxygen atoms in total. The van der Waals surface area contributed by atoms with Crippen LogP contribution in [0, 0.1) is 19.8 Å². The van der Waals surface area contributed by atoms with Gasteiger partial charge in [0.1, 0.15) is 11.4 Å². The molecule has 1 amide bonds. The van der Waals surface area contributed by atoms with Crippen LogP contribution in [0.2, 0.25) is 0 Å². The summed E-state index contributed by atoms with van der Waals surface area (Å²) in [4.78, 5) is 15.6. The molecule has 0 radical (unpaired) electrons. The zero-order chi connectivity index (χ0) is 21.3. The molecule has 4 rings (SSSR count). The predicted molar refractivity (Wildman–Crippen MR) is 121 cm³/mol. The first-order chi connectivity index (χ1) is 14.3. The van der Waals surface area contributed by atoms with Crippen LogP contribution in [0.3, 0.4) is 0 Å². The molecule has 0 unspecified atom stereocenters. The summed E-state index contributed by atoms with van der Waals surface area (Å²) < 4.78 is 6.18. The maximum atomic E-state index is 13.1. The third kappa shape index (κ3) is 4.86. The van der Waals surface area contributed by atoms with Gasteiger partial charge in [0.25, 0.3) is 0 Å². The van der Waals surface area contributed by atoms with E-state index >= 15 is 0 Å². The van der Waals surface area contributed by atoms with E-state index in [2.05, 4.69) is 80.4 Å². The normalized spacial score (nSPS) is 21.5. The molecule has 2 heterocycles. The van der Waals surface area contributed by atoms with Crippen LogP contribution < -0.4 is 10.1 Å². The topological polar surface area (TPSA) is 41.6 Å². The summed E-state index contributed by atoms with van der Waals surface area (Å²) in [5, 5.41) is 3.35. The molecule has 1 fully saturated rings. The molecule has 30 heavy (non-hydrogen) atoms. The molecule has 1 atom stereocenters. The summed E-state index contributed by atoms with van der Waals surface area (Å²) in [6.07, 6.45) is 2.64. The second-order valence-corrected chi connectivity index (χ2v) is 9.71. The molecule has 2 aliphatic heterocycles. The highest BCUT2D eigenvalue weighted by atomic mass is 16.5. The number of rotatable bonds is 4. The minimum Gasteiger partial charge on any atom is -0.487 e. The fraction of sp³-hybridized carbons (Fsp3) is 0.500. The van der Waals surface area contributed by atoms with Crippen LogP contribution in [0.5, 0.6) is 5.75 Å². The Balaban J connectivity index is 1.36. The van der Waals surface area contributed by atoms with E-state index in [-0.39, 0.29) is 23.5 Å². The Bertz CT molecular complexity index is 913. The van der Waals surface area contributed by atoms with Crippen LogP contribution in [0.25, 0.3) is 0 Å². The smallest absolute Gasteiger partial charge is 0.223 e. The van der Waals surface area contributed by atoms with Gasteiger partial charge < -0.3 is 10.1 Å². The van der Waals surface area contributed by atoms with Crippen LogP contribution in [0.15, 0.2) is 42.5 Å². The average molecular weight is 407 g/mol. The van der Waals surface area contributed by atoms with Crippen molar-refractivity contribution >= 4 is 5.91 Å². The predicted octanol–water partition coefficient (Wildman–Crippen LogP) is 4.93. The minimum atomic E-state index is -0.282. The zero-order valence-corrected chi connectivity index (χ0v) is 18.7. The second-order valence-electron chi connectivity index (χ2n) is 9.71. The van der Waals surface area contributed by atoms with Gasteiger partial charge in [-0.25, -0.2) is 0 Å². The fourth-order valence-corrected chi connectivity index (χ4v) is 4.80. The maximum absolute atomic E-state index is 13.1. The number of carbonyl (C=O) groups is 1. The molecular weight excluding hydrogens is 372 g/mol. The van der Waals surface area contributed by atoms with Gasteiger partial charge in [-0.3, -0.25) is 9.69 Å². The highest BCUT2D eigenvalue weighted by molar-refractivity contribution is 5.79. The standard InChI is InChI=1S/C26H34N2O2/c1-18-6-5-7-20(14-18)17-28-12-10-21(11-13-28)25(29)27-23-16-26(3,4)30-24-15-19(2)8-9-22(23)24/h5-9,14-15,21,23H,10-13,16-17H2,1-4H3,(H,27,29)/t23-/m1/s1. The van der Waals surface area contributed by atoms with E-state index < -0.39 is 0 Å². The van der Waals surface area contributed by atoms with Gasteiger partial charge in [-0.05, 0) is 70.8 Å². The van der Waals surface area contributed by atoms with Crippen molar-refractivity contribution in [2.24, 2.45) is 5.92 Å². The molecule has 160 valence electrons. The SMILES string of the molecule is Cc1cccc(CN2CCC(C(=O)N[C@@H]3CC(C)(C)Oc4cc(C)ccc43)CC2)c1. The number of nitrogens with one attached hydrogen (secondary N) is 1. The van der Waals surface area contributed by atoms with Gasteiger partial charge in [0.2, 0.25) is 5.91 Å². The van der Waals surface area contributed by atoms with Crippen molar-refractivity contribution in [1.82, 2.24) is 10.2 Å². The first kappa shape index (κ1) is 20.9. The van der Waals surface area contributed by atoms with Crippen molar-refractivity contribution in [2.75, 3.05) is 13.1 Å². The molecule has 1 saturated heterocycles. The first-order valence-corrected chi connectivity index (χ1v) is 11.2. The molecule has 0 aliphatic carbocycles. The first-order valence-electron chi connectivity index (χ1n) is 11.2. The van der Waals surface area contributed by atoms with E-state index in [1.165, 1.54) is 16.7 Å². The lowest BCUT2D eigenvalue weighted by molar-refractivity contribution is -0.127. The number of aryl methyl sites for hydroxylation is 2. The van der Waals surface area contributed by atoms with Crippen molar-refractivity contribution in [3.8, 4) is 5.75 Å². The molecule has 2 aromatic rings. The summed E-state index contributed by atoms with van der Waals surface area (Å²) in [6, 6.07) is 15.0. The summed E-state index contributed by atoms with van der Waals surface area (Å²) >= 11 is 0. The van der Waals surface area contributed by atoms with Crippen molar-refractivity contribution in [2.45, 2.75) is 65.1 Å². The Hall–Kier alpha value is -2.33. The molecule has 1 N–H and O–H groups in total. The van der Waals surface area contributed by atoms with Gasteiger partial charge in [-0.2, -0.15) is 0 Å². The van der Waals surface area contributed by atoms with E-state index in [1.54, 1.807) is 0 Å². The summed E-state index contributed by atoms with van der Waals surface area (Å²) in [6.45, 7) is 11.3. The Morgan fingerprint density at radius 2 is 1.83 bits per heavy atom. The molecule has 2 aromatic carbocycles. The number of hydrogen-bond donors (Lipinski definition) is 1. The number of nitrogens with zero attached hydrogens (tertiary/aromatic N) is 1. The lowest BCUT2D eigenvalue weighted by Crippen LogP contribution is -2.45. The number of ether oxygens (including phenoxy) is 1. The van der Waals surface area contributed by atoms with E-state index in [1.807, 2.05) is 0 Å². The molecule has 0 spiro atoms. The number of amides is 1. The van der Waals surface area contributed by atoms with Crippen molar-refractivity contribution in [3.05, 3.63) is 64.7 Å². The lowest BCUT2D eigenvalue weighted by atomic mass is 9.88. The number of piperidine rings is 1. The van der Waals surface area contributed by atoms with Gasteiger partial charge in [-0.15, -0.1) is 0 Å². The van der Waals surface area contributed by atoms with Gasteiger partial charge in [-0.1, -0.05) is 42.0 Å². The summed E-state index contributed by atoms with van der Waals surface area (Å²) in [5.74, 6) is 1.20. The Labute approximate surface area is 180 Å². The Morgan fingerprint density at radius 3 is 2.57 bits per heavy atom. The number of fused-ring (bicyclic) bond motifs is 1.